The maximum absolute atomic E-state index is 12.4. The minimum absolute atomic E-state index is 0.0206. The standard InChI is InChI=1S/C16H12Cl2N2O4/c17-11-1-4-15(13(18)8-11)24-9-16(21)19-6-5-10-7-12(20(22)23)2-3-14(10)19/h1-4,7-8H,5-6,9H2. The molecule has 1 aliphatic rings. The molecule has 0 atom stereocenters. The van der Waals surface area contributed by atoms with Crippen molar-refractivity contribution in [2.45, 2.75) is 6.42 Å². The van der Waals surface area contributed by atoms with Gasteiger partial charge in [0.05, 0.1) is 9.95 Å². The van der Waals surface area contributed by atoms with Crippen molar-refractivity contribution >= 4 is 40.5 Å². The van der Waals surface area contributed by atoms with Crippen LogP contribution in [0.3, 0.4) is 0 Å². The van der Waals surface area contributed by atoms with Crippen LogP contribution >= 0.6 is 23.2 Å². The molecule has 0 spiro atoms. The summed E-state index contributed by atoms with van der Waals surface area (Å²) < 4.78 is 5.45. The number of nitro benzene ring substituents is 1. The molecule has 0 aromatic heterocycles. The number of carbonyl (C=O) groups excluding carboxylic acids is 1. The molecule has 6 nitrogen and oxygen atoms in total. The molecule has 0 fully saturated rings. The van der Waals surface area contributed by atoms with E-state index in [9.17, 15) is 14.9 Å². The van der Waals surface area contributed by atoms with Gasteiger partial charge in [0.25, 0.3) is 11.6 Å². The first-order valence-corrected chi connectivity index (χ1v) is 7.87. The van der Waals surface area contributed by atoms with Gasteiger partial charge < -0.3 is 9.64 Å². The Hall–Kier alpha value is -2.31. The van der Waals surface area contributed by atoms with Gasteiger partial charge >= 0.3 is 0 Å². The fourth-order valence-corrected chi connectivity index (χ4v) is 3.03. The van der Waals surface area contributed by atoms with Crippen LogP contribution in [0.4, 0.5) is 11.4 Å². The first-order chi connectivity index (χ1) is 11.5. The molecule has 0 N–H and O–H groups in total. The van der Waals surface area contributed by atoms with Crippen LogP contribution < -0.4 is 9.64 Å². The first-order valence-electron chi connectivity index (χ1n) is 7.11. The van der Waals surface area contributed by atoms with Gasteiger partial charge in [-0.15, -0.1) is 0 Å². The number of anilines is 1. The zero-order valence-electron chi connectivity index (χ0n) is 12.4. The number of hydrogen-bond donors (Lipinski definition) is 0. The molecule has 1 aliphatic heterocycles. The number of hydrogen-bond acceptors (Lipinski definition) is 4. The number of nitro groups is 1. The maximum atomic E-state index is 12.4. The number of non-ortho nitro benzene ring substituents is 1. The Morgan fingerprint density at radius 3 is 2.75 bits per heavy atom. The summed E-state index contributed by atoms with van der Waals surface area (Å²) in [4.78, 5) is 24.3. The van der Waals surface area contributed by atoms with Crippen LogP contribution in [0.25, 0.3) is 0 Å². The highest BCUT2D eigenvalue weighted by molar-refractivity contribution is 6.35. The lowest BCUT2D eigenvalue weighted by atomic mass is 10.1. The predicted octanol–water partition coefficient (Wildman–Crippen LogP) is 3.87. The van der Waals surface area contributed by atoms with Crippen molar-refractivity contribution in [1.29, 1.82) is 0 Å². The van der Waals surface area contributed by atoms with Gasteiger partial charge in [0.15, 0.2) is 6.61 Å². The molecule has 1 amide bonds. The first kappa shape index (κ1) is 16.5. The smallest absolute Gasteiger partial charge is 0.269 e. The molecule has 3 rings (SSSR count). The van der Waals surface area contributed by atoms with Crippen molar-refractivity contribution < 1.29 is 14.5 Å². The highest BCUT2D eigenvalue weighted by Gasteiger charge is 2.26. The van der Waals surface area contributed by atoms with Crippen molar-refractivity contribution in [3.63, 3.8) is 0 Å². The fraction of sp³-hybridized carbons (Fsp3) is 0.188. The van der Waals surface area contributed by atoms with E-state index in [0.717, 1.165) is 5.56 Å². The summed E-state index contributed by atoms with van der Waals surface area (Å²) in [5.41, 5.74) is 1.48. The van der Waals surface area contributed by atoms with Gasteiger partial charge in [0, 0.05) is 29.4 Å². The van der Waals surface area contributed by atoms with Crippen molar-refractivity contribution in [3.8, 4) is 5.75 Å². The molecule has 2 aromatic carbocycles. The molecule has 124 valence electrons. The SMILES string of the molecule is O=C(COc1ccc(Cl)cc1Cl)N1CCc2cc([N+](=O)[O-])ccc21. The van der Waals surface area contributed by atoms with E-state index < -0.39 is 4.92 Å². The van der Waals surface area contributed by atoms with Crippen molar-refractivity contribution in [2.24, 2.45) is 0 Å². The largest absolute Gasteiger partial charge is 0.482 e. The number of benzene rings is 2. The van der Waals surface area contributed by atoms with Crippen LogP contribution in [0.5, 0.6) is 5.75 Å². The molecule has 24 heavy (non-hydrogen) atoms. The summed E-state index contributed by atoms with van der Waals surface area (Å²) in [7, 11) is 0. The molecule has 0 saturated heterocycles. The lowest BCUT2D eigenvalue weighted by Crippen LogP contribution is -2.33. The lowest BCUT2D eigenvalue weighted by molar-refractivity contribution is -0.384. The van der Waals surface area contributed by atoms with Gasteiger partial charge in [0.2, 0.25) is 0 Å². The zero-order valence-corrected chi connectivity index (χ0v) is 13.9. The Bertz CT molecular complexity index is 826. The van der Waals surface area contributed by atoms with E-state index in [4.69, 9.17) is 27.9 Å². The summed E-state index contributed by atoms with van der Waals surface area (Å²) >= 11 is 11.8. The monoisotopic (exact) mass is 366 g/mol. The summed E-state index contributed by atoms with van der Waals surface area (Å²) in [6.45, 7) is 0.283. The summed E-state index contributed by atoms with van der Waals surface area (Å²) in [6.07, 6.45) is 0.574. The van der Waals surface area contributed by atoms with Crippen LogP contribution in [-0.2, 0) is 11.2 Å². The second kappa shape index (κ2) is 6.67. The highest BCUT2D eigenvalue weighted by atomic mass is 35.5. The van der Waals surface area contributed by atoms with E-state index >= 15 is 0 Å². The van der Waals surface area contributed by atoms with Gasteiger partial charge in [-0.3, -0.25) is 14.9 Å². The number of fused-ring (bicyclic) bond motifs is 1. The Balaban J connectivity index is 1.70. The van der Waals surface area contributed by atoms with Crippen LogP contribution in [0, 0.1) is 10.1 Å². The number of rotatable bonds is 4. The topological polar surface area (TPSA) is 72.7 Å². The number of ether oxygens (including phenoxy) is 1. The van der Waals surface area contributed by atoms with E-state index in [-0.39, 0.29) is 18.2 Å². The Kier molecular flexibility index (Phi) is 4.59. The molecule has 0 aliphatic carbocycles. The van der Waals surface area contributed by atoms with Gasteiger partial charge in [-0.2, -0.15) is 0 Å². The number of nitrogens with zero attached hydrogens (tertiary/aromatic N) is 2. The van der Waals surface area contributed by atoms with E-state index in [1.807, 2.05) is 0 Å². The molecule has 0 bridgehead atoms. The quantitative estimate of drug-likeness (QED) is 0.608. The van der Waals surface area contributed by atoms with E-state index in [2.05, 4.69) is 0 Å². The molecule has 2 aromatic rings. The predicted molar refractivity (Wildman–Crippen MR) is 91.1 cm³/mol. The van der Waals surface area contributed by atoms with Crippen LogP contribution in [0.2, 0.25) is 10.0 Å². The minimum Gasteiger partial charge on any atom is -0.482 e. The Morgan fingerprint density at radius 2 is 2.04 bits per heavy atom. The van der Waals surface area contributed by atoms with Gasteiger partial charge in [0.1, 0.15) is 5.75 Å². The third-order valence-electron chi connectivity index (χ3n) is 3.72. The Morgan fingerprint density at radius 1 is 1.25 bits per heavy atom. The Labute approximate surface area is 147 Å². The van der Waals surface area contributed by atoms with Crippen LogP contribution in [0.1, 0.15) is 5.56 Å². The summed E-state index contributed by atoms with van der Waals surface area (Å²) in [6, 6.07) is 9.23. The average Bonchev–Trinajstić information content (AvgIpc) is 2.96. The van der Waals surface area contributed by atoms with Crippen molar-refractivity contribution in [2.75, 3.05) is 18.1 Å². The molecular weight excluding hydrogens is 355 g/mol. The van der Waals surface area contributed by atoms with E-state index in [1.165, 1.54) is 18.2 Å². The highest BCUT2D eigenvalue weighted by Crippen LogP contribution is 2.32. The molecule has 1 heterocycles. The zero-order chi connectivity index (χ0) is 17.3. The van der Waals surface area contributed by atoms with Gasteiger partial charge in [-0.05, 0) is 36.2 Å². The van der Waals surface area contributed by atoms with Crippen molar-refractivity contribution in [1.82, 2.24) is 0 Å². The average molecular weight is 367 g/mol. The number of amides is 1. The van der Waals surface area contributed by atoms with Crippen LogP contribution in [0.15, 0.2) is 36.4 Å². The molecule has 0 unspecified atom stereocenters. The third kappa shape index (κ3) is 3.29. The summed E-state index contributed by atoms with van der Waals surface area (Å²) in [5, 5.41) is 11.6. The molecular formula is C16H12Cl2N2O4. The minimum atomic E-state index is -0.448. The van der Waals surface area contributed by atoms with Crippen molar-refractivity contribution in [3.05, 3.63) is 62.1 Å². The molecule has 0 saturated carbocycles. The molecule has 0 radical (unpaired) electrons. The number of halogens is 2. The van der Waals surface area contributed by atoms with E-state index in [1.54, 1.807) is 23.1 Å². The fourth-order valence-electron chi connectivity index (χ4n) is 2.57. The van der Waals surface area contributed by atoms with Gasteiger partial charge in [-0.25, -0.2) is 0 Å². The second-order valence-electron chi connectivity index (χ2n) is 5.23. The third-order valence-corrected chi connectivity index (χ3v) is 4.25. The van der Waals surface area contributed by atoms with Gasteiger partial charge in [-0.1, -0.05) is 23.2 Å². The molecule has 8 heteroatoms. The lowest BCUT2D eigenvalue weighted by Gasteiger charge is -2.17. The normalized spacial score (nSPS) is 12.8. The van der Waals surface area contributed by atoms with E-state index in [0.29, 0.717) is 34.4 Å². The van der Waals surface area contributed by atoms with Crippen LogP contribution in [-0.4, -0.2) is 24.0 Å². The number of carbonyl (C=O) groups is 1. The summed E-state index contributed by atoms with van der Waals surface area (Å²) in [5.74, 6) is 0.131. The second-order valence-corrected chi connectivity index (χ2v) is 6.07. The maximum Gasteiger partial charge on any atom is 0.269 e.